The molecule has 0 unspecified atom stereocenters. The van der Waals surface area contributed by atoms with Crippen LogP contribution in [0.25, 0.3) is 0 Å². The zero-order valence-electron chi connectivity index (χ0n) is 8.93. The molecule has 0 saturated carbocycles. The van der Waals surface area contributed by atoms with Crippen LogP contribution >= 0.6 is 15.9 Å². The number of rotatable bonds is 4. The Labute approximate surface area is 98.4 Å². The van der Waals surface area contributed by atoms with Crippen LogP contribution in [-0.4, -0.2) is 19.5 Å². The van der Waals surface area contributed by atoms with Gasteiger partial charge in [0.05, 0.1) is 0 Å². The van der Waals surface area contributed by atoms with E-state index < -0.39 is 0 Å². The molecule has 0 radical (unpaired) electrons. The summed E-state index contributed by atoms with van der Waals surface area (Å²) in [7, 11) is 1.83. The predicted molar refractivity (Wildman–Crippen MR) is 66.1 cm³/mol. The molecule has 0 aliphatic carbocycles. The van der Waals surface area contributed by atoms with Gasteiger partial charge in [0, 0.05) is 23.1 Å². The lowest BCUT2D eigenvalue weighted by Gasteiger charge is -2.06. The average Bonchev–Trinajstić information content (AvgIpc) is 2.20. The van der Waals surface area contributed by atoms with Crippen molar-refractivity contribution in [1.82, 2.24) is 5.32 Å². The van der Waals surface area contributed by atoms with E-state index in [0.29, 0.717) is 13.0 Å². The van der Waals surface area contributed by atoms with Gasteiger partial charge in [0.1, 0.15) is 0 Å². The number of hydrogen-bond donors (Lipinski definition) is 2. The molecule has 0 aromatic heterocycles. The maximum atomic E-state index is 11.4. The highest BCUT2D eigenvalue weighted by atomic mass is 79.9. The van der Waals surface area contributed by atoms with Crippen molar-refractivity contribution in [3.8, 4) is 0 Å². The average molecular weight is 271 g/mol. The van der Waals surface area contributed by atoms with Crippen LogP contribution in [0, 0.1) is 6.92 Å². The summed E-state index contributed by atoms with van der Waals surface area (Å²) in [6.07, 6.45) is 0.488. The molecule has 4 heteroatoms. The van der Waals surface area contributed by atoms with E-state index in [1.165, 1.54) is 0 Å². The second kappa shape index (κ2) is 5.88. The lowest BCUT2D eigenvalue weighted by Crippen LogP contribution is -2.18. The van der Waals surface area contributed by atoms with Crippen LogP contribution in [0.2, 0.25) is 0 Å². The standard InChI is InChI=1S/C11H15BrN2O/c1-8-3-4-9(7-10(8)12)14-11(15)5-6-13-2/h3-4,7,13H,5-6H2,1-2H3,(H,14,15). The highest BCUT2D eigenvalue weighted by molar-refractivity contribution is 9.10. The summed E-state index contributed by atoms with van der Waals surface area (Å²) in [5.41, 5.74) is 1.98. The highest BCUT2D eigenvalue weighted by Crippen LogP contribution is 2.20. The van der Waals surface area contributed by atoms with E-state index in [1.54, 1.807) is 0 Å². The summed E-state index contributed by atoms with van der Waals surface area (Å²) in [6.45, 7) is 2.70. The van der Waals surface area contributed by atoms with Gasteiger partial charge in [-0.1, -0.05) is 22.0 Å². The van der Waals surface area contributed by atoms with Crippen molar-refractivity contribution >= 4 is 27.5 Å². The first kappa shape index (κ1) is 12.2. The molecule has 0 saturated heterocycles. The number of benzene rings is 1. The van der Waals surface area contributed by atoms with Crippen molar-refractivity contribution in [3.05, 3.63) is 28.2 Å². The second-order valence-electron chi connectivity index (χ2n) is 3.37. The van der Waals surface area contributed by atoms with Crippen LogP contribution in [0.15, 0.2) is 22.7 Å². The van der Waals surface area contributed by atoms with Gasteiger partial charge >= 0.3 is 0 Å². The Morgan fingerprint density at radius 2 is 2.20 bits per heavy atom. The number of amides is 1. The van der Waals surface area contributed by atoms with Crippen LogP contribution in [0.3, 0.4) is 0 Å². The molecular formula is C11H15BrN2O. The molecule has 3 nitrogen and oxygen atoms in total. The van der Waals surface area contributed by atoms with Gasteiger partial charge in [-0.2, -0.15) is 0 Å². The first-order valence-electron chi connectivity index (χ1n) is 4.84. The molecular weight excluding hydrogens is 256 g/mol. The molecule has 1 aromatic carbocycles. The fourth-order valence-electron chi connectivity index (χ4n) is 1.13. The highest BCUT2D eigenvalue weighted by Gasteiger charge is 2.02. The SMILES string of the molecule is CNCCC(=O)Nc1ccc(C)c(Br)c1. The number of anilines is 1. The van der Waals surface area contributed by atoms with Gasteiger partial charge in [0.25, 0.3) is 0 Å². The molecule has 0 atom stereocenters. The number of aryl methyl sites for hydroxylation is 1. The van der Waals surface area contributed by atoms with Gasteiger partial charge in [-0.15, -0.1) is 0 Å². The zero-order valence-corrected chi connectivity index (χ0v) is 10.5. The number of halogens is 1. The van der Waals surface area contributed by atoms with Crippen LogP contribution < -0.4 is 10.6 Å². The topological polar surface area (TPSA) is 41.1 Å². The second-order valence-corrected chi connectivity index (χ2v) is 4.22. The Morgan fingerprint density at radius 3 is 2.80 bits per heavy atom. The molecule has 1 amide bonds. The van der Waals surface area contributed by atoms with Crippen LogP contribution in [0.5, 0.6) is 0 Å². The Balaban J connectivity index is 2.57. The number of nitrogens with one attached hydrogen (secondary N) is 2. The Morgan fingerprint density at radius 1 is 1.47 bits per heavy atom. The van der Waals surface area contributed by atoms with Gasteiger partial charge in [-0.3, -0.25) is 4.79 Å². The Bertz CT molecular complexity index is 352. The van der Waals surface area contributed by atoms with Crippen molar-refractivity contribution in [2.75, 3.05) is 18.9 Å². The van der Waals surface area contributed by atoms with E-state index in [-0.39, 0.29) is 5.91 Å². The first-order chi connectivity index (χ1) is 7.13. The van der Waals surface area contributed by atoms with Gasteiger partial charge < -0.3 is 10.6 Å². The summed E-state index contributed by atoms with van der Waals surface area (Å²) in [4.78, 5) is 11.4. The van der Waals surface area contributed by atoms with Crippen molar-refractivity contribution in [2.45, 2.75) is 13.3 Å². The first-order valence-corrected chi connectivity index (χ1v) is 5.63. The van der Waals surface area contributed by atoms with E-state index in [0.717, 1.165) is 15.7 Å². The third-order valence-electron chi connectivity index (χ3n) is 2.06. The largest absolute Gasteiger partial charge is 0.326 e. The van der Waals surface area contributed by atoms with E-state index >= 15 is 0 Å². The fraction of sp³-hybridized carbons (Fsp3) is 0.364. The smallest absolute Gasteiger partial charge is 0.225 e. The predicted octanol–water partition coefficient (Wildman–Crippen LogP) is 2.31. The molecule has 0 bridgehead atoms. The summed E-state index contributed by atoms with van der Waals surface area (Å²) >= 11 is 3.42. The zero-order chi connectivity index (χ0) is 11.3. The minimum absolute atomic E-state index is 0.0279. The van der Waals surface area contributed by atoms with Crippen LogP contribution in [0.4, 0.5) is 5.69 Å². The maximum Gasteiger partial charge on any atom is 0.225 e. The monoisotopic (exact) mass is 270 g/mol. The fourth-order valence-corrected chi connectivity index (χ4v) is 1.51. The molecule has 1 aromatic rings. The quantitative estimate of drug-likeness (QED) is 0.882. The van der Waals surface area contributed by atoms with Crippen molar-refractivity contribution in [3.63, 3.8) is 0 Å². The van der Waals surface area contributed by atoms with Crippen LogP contribution in [-0.2, 0) is 4.79 Å². The summed E-state index contributed by atoms with van der Waals surface area (Å²) < 4.78 is 1.01. The van der Waals surface area contributed by atoms with Gasteiger partial charge in [-0.05, 0) is 31.7 Å². The minimum Gasteiger partial charge on any atom is -0.326 e. The molecule has 1 rings (SSSR count). The normalized spacial score (nSPS) is 10.1. The lowest BCUT2D eigenvalue weighted by molar-refractivity contribution is -0.116. The molecule has 15 heavy (non-hydrogen) atoms. The number of carbonyl (C=O) groups excluding carboxylic acids is 1. The van der Waals surface area contributed by atoms with E-state index in [4.69, 9.17) is 0 Å². The minimum atomic E-state index is 0.0279. The van der Waals surface area contributed by atoms with E-state index in [2.05, 4.69) is 26.6 Å². The van der Waals surface area contributed by atoms with E-state index in [1.807, 2.05) is 32.2 Å². The lowest BCUT2D eigenvalue weighted by atomic mass is 10.2. The third-order valence-corrected chi connectivity index (χ3v) is 2.91. The molecule has 2 N–H and O–H groups in total. The maximum absolute atomic E-state index is 11.4. The number of carbonyl (C=O) groups is 1. The molecule has 82 valence electrons. The number of hydrogen-bond acceptors (Lipinski definition) is 2. The Kier molecular flexibility index (Phi) is 4.78. The summed E-state index contributed by atoms with van der Waals surface area (Å²) in [5, 5.41) is 5.77. The van der Waals surface area contributed by atoms with Crippen LogP contribution in [0.1, 0.15) is 12.0 Å². The molecule has 0 spiro atoms. The van der Waals surface area contributed by atoms with Gasteiger partial charge in [0.15, 0.2) is 0 Å². The van der Waals surface area contributed by atoms with Crippen molar-refractivity contribution in [1.29, 1.82) is 0 Å². The molecule has 0 fully saturated rings. The Hall–Kier alpha value is -0.870. The van der Waals surface area contributed by atoms with E-state index in [9.17, 15) is 4.79 Å². The van der Waals surface area contributed by atoms with Gasteiger partial charge in [0.2, 0.25) is 5.91 Å². The molecule has 0 heterocycles. The third kappa shape index (κ3) is 4.01. The molecule has 0 aliphatic heterocycles. The summed E-state index contributed by atoms with van der Waals surface area (Å²) in [5.74, 6) is 0.0279. The molecule has 0 aliphatic rings. The van der Waals surface area contributed by atoms with Crippen molar-refractivity contribution in [2.24, 2.45) is 0 Å². The van der Waals surface area contributed by atoms with Crippen molar-refractivity contribution < 1.29 is 4.79 Å². The van der Waals surface area contributed by atoms with Gasteiger partial charge in [-0.25, -0.2) is 0 Å². The summed E-state index contributed by atoms with van der Waals surface area (Å²) in [6, 6.07) is 5.78.